The zero-order valence-electron chi connectivity index (χ0n) is 20.6. The molecule has 1 rings (SSSR count). The van der Waals surface area contributed by atoms with E-state index < -0.39 is 0 Å². The molecule has 1 nitrogen and oxygen atoms in total. The molecule has 0 saturated heterocycles. The number of nitrogens with zero attached hydrogens (tertiary/aromatic N) is 1. The quantitative estimate of drug-likeness (QED) is 0.160. The maximum absolute atomic E-state index is 2.51. The number of quaternary nitrogens is 1. The highest BCUT2D eigenvalue weighted by Gasteiger charge is 2.21. The lowest BCUT2D eigenvalue weighted by atomic mass is 10.1. The van der Waals surface area contributed by atoms with Gasteiger partial charge in [-0.25, -0.2) is 0 Å². The first-order valence-corrected chi connectivity index (χ1v) is 13.1. The Morgan fingerprint density at radius 3 is 1.30 bits per heavy atom. The number of unbranched alkanes of at least 4 members (excludes halogenated alkanes) is 14. The van der Waals surface area contributed by atoms with Crippen LogP contribution in [0.1, 0.15) is 122 Å². The Bertz CT molecular complexity index is 439. The van der Waals surface area contributed by atoms with Gasteiger partial charge in [-0.15, -0.1) is 0 Å². The first-order valence-electron chi connectivity index (χ1n) is 13.1. The first kappa shape index (κ1) is 29.7. The third-order valence-corrected chi connectivity index (χ3v) is 6.51. The molecule has 0 N–H and O–H groups in total. The van der Waals surface area contributed by atoms with Gasteiger partial charge in [0.2, 0.25) is 0 Å². The Kier molecular flexibility index (Phi) is 20.3. The zero-order valence-corrected chi connectivity index (χ0v) is 22.2. The van der Waals surface area contributed by atoms with Crippen LogP contribution >= 0.6 is 0 Å². The number of hydrogen-bond acceptors (Lipinski definition) is 0. The van der Waals surface area contributed by atoms with E-state index in [4.69, 9.17) is 0 Å². The van der Waals surface area contributed by atoms with Crippen molar-refractivity contribution < 1.29 is 21.5 Å². The van der Waals surface area contributed by atoms with Gasteiger partial charge in [-0.1, -0.05) is 121 Å². The van der Waals surface area contributed by atoms with E-state index in [1.165, 1.54) is 132 Å². The van der Waals surface area contributed by atoms with Crippen molar-refractivity contribution >= 4 is 0 Å². The van der Waals surface area contributed by atoms with Crippen molar-refractivity contribution in [1.82, 2.24) is 0 Å². The van der Waals surface area contributed by atoms with Gasteiger partial charge in [0.05, 0.1) is 20.1 Å². The summed E-state index contributed by atoms with van der Waals surface area (Å²) >= 11 is 0. The second-order valence-electron chi connectivity index (χ2n) is 9.66. The van der Waals surface area contributed by atoms with Crippen molar-refractivity contribution in [2.45, 2.75) is 123 Å². The van der Waals surface area contributed by atoms with Crippen LogP contribution in [0, 0.1) is 0 Å². The van der Waals surface area contributed by atoms with Crippen molar-refractivity contribution in [3.05, 3.63) is 35.9 Å². The van der Waals surface area contributed by atoms with Crippen LogP contribution in [0.25, 0.3) is 0 Å². The van der Waals surface area contributed by atoms with Gasteiger partial charge in [-0.2, -0.15) is 0 Å². The summed E-state index contributed by atoms with van der Waals surface area (Å²) in [5.74, 6) is 0. The smallest absolute Gasteiger partial charge is 0.104 e. The molecule has 0 atom stereocenters. The molecular formula is C28H52BrN. The summed E-state index contributed by atoms with van der Waals surface area (Å²) in [6.45, 7) is 8.50. The minimum Gasteiger partial charge on any atom is -1.00 e. The fourth-order valence-corrected chi connectivity index (χ4v) is 4.55. The van der Waals surface area contributed by atoms with Gasteiger partial charge in [-0.3, -0.25) is 0 Å². The molecule has 0 aromatic heterocycles. The molecule has 30 heavy (non-hydrogen) atoms. The third kappa shape index (κ3) is 16.4. The van der Waals surface area contributed by atoms with Crippen molar-refractivity contribution in [3.63, 3.8) is 0 Å². The summed E-state index contributed by atoms with van der Waals surface area (Å²) in [6, 6.07) is 11.2. The largest absolute Gasteiger partial charge is 1.00 e. The highest BCUT2D eigenvalue weighted by molar-refractivity contribution is 5.13. The molecular weight excluding hydrogens is 430 g/mol. The van der Waals surface area contributed by atoms with E-state index in [1.54, 1.807) is 0 Å². The second-order valence-corrected chi connectivity index (χ2v) is 9.66. The van der Waals surface area contributed by atoms with Gasteiger partial charge in [0.15, 0.2) is 0 Å². The molecule has 0 fully saturated rings. The molecule has 0 saturated carbocycles. The first-order chi connectivity index (χ1) is 14.2. The third-order valence-electron chi connectivity index (χ3n) is 6.51. The molecule has 0 radical (unpaired) electrons. The SMILES string of the molecule is CCCCCCCCCC[N+](C)(CCCCCCCCCC)Cc1ccccc1.[Br-]. The van der Waals surface area contributed by atoms with Crippen molar-refractivity contribution in [1.29, 1.82) is 0 Å². The van der Waals surface area contributed by atoms with Gasteiger partial charge < -0.3 is 21.5 Å². The van der Waals surface area contributed by atoms with Crippen LogP contribution in [0.5, 0.6) is 0 Å². The minimum absolute atomic E-state index is 0. The summed E-state index contributed by atoms with van der Waals surface area (Å²) in [4.78, 5) is 0. The second kappa shape index (κ2) is 20.6. The monoisotopic (exact) mass is 481 g/mol. The maximum atomic E-state index is 2.51. The Labute approximate surface area is 200 Å². The molecule has 0 aliphatic heterocycles. The average molecular weight is 483 g/mol. The number of hydrogen-bond donors (Lipinski definition) is 0. The lowest BCUT2D eigenvalue weighted by Gasteiger charge is -2.35. The molecule has 0 heterocycles. The van der Waals surface area contributed by atoms with Gasteiger partial charge in [0, 0.05) is 5.56 Å². The van der Waals surface area contributed by atoms with E-state index in [0.717, 1.165) is 0 Å². The number of halogens is 1. The normalized spacial score (nSPS) is 11.4. The predicted molar refractivity (Wildman–Crippen MR) is 131 cm³/mol. The fourth-order valence-electron chi connectivity index (χ4n) is 4.55. The molecule has 1 aromatic carbocycles. The van der Waals surface area contributed by atoms with E-state index in [2.05, 4.69) is 51.2 Å². The van der Waals surface area contributed by atoms with Crippen molar-refractivity contribution in [2.24, 2.45) is 0 Å². The summed E-state index contributed by atoms with van der Waals surface area (Å²) in [5, 5.41) is 0. The highest BCUT2D eigenvalue weighted by atomic mass is 79.9. The van der Waals surface area contributed by atoms with Crippen molar-refractivity contribution in [2.75, 3.05) is 20.1 Å². The molecule has 0 amide bonds. The van der Waals surface area contributed by atoms with Gasteiger partial charge in [-0.05, 0) is 25.7 Å². The Morgan fingerprint density at radius 1 is 0.533 bits per heavy atom. The summed E-state index contributed by atoms with van der Waals surface area (Å²) in [7, 11) is 2.51. The zero-order chi connectivity index (χ0) is 21.0. The molecule has 0 bridgehead atoms. The van der Waals surface area contributed by atoms with E-state index in [-0.39, 0.29) is 17.0 Å². The Morgan fingerprint density at radius 2 is 0.900 bits per heavy atom. The van der Waals surface area contributed by atoms with Crippen LogP contribution in [-0.4, -0.2) is 24.6 Å². The fraction of sp³-hybridized carbons (Fsp3) is 0.786. The lowest BCUT2D eigenvalue weighted by Crippen LogP contribution is -3.00. The molecule has 0 spiro atoms. The van der Waals surface area contributed by atoms with Crippen LogP contribution < -0.4 is 17.0 Å². The molecule has 0 unspecified atom stereocenters. The Hall–Kier alpha value is -0.340. The molecule has 2 heteroatoms. The number of benzene rings is 1. The number of rotatable bonds is 20. The standard InChI is InChI=1S/C28H52N.BrH/c1-4-6-8-10-12-14-16-21-25-29(3,27-28-23-19-18-20-24-28)26-22-17-15-13-11-9-7-5-2;/h18-20,23-24H,4-17,21-22,25-27H2,1-3H3;1H/q+1;/p-1. The van der Waals surface area contributed by atoms with E-state index in [0.29, 0.717) is 0 Å². The maximum Gasteiger partial charge on any atom is 0.104 e. The molecule has 0 aliphatic carbocycles. The summed E-state index contributed by atoms with van der Waals surface area (Å²) < 4.78 is 1.23. The van der Waals surface area contributed by atoms with Crippen molar-refractivity contribution in [3.8, 4) is 0 Å². The molecule has 1 aromatic rings. The summed E-state index contributed by atoms with van der Waals surface area (Å²) in [6.07, 6.45) is 22.7. The van der Waals surface area contributed by atoms with Crippen LogP contribution in [-0.2, 0) is 6.54 Å². The van der Waals surface area contributed by atoms with Crippen LogP contribution in [0.2, 0.25) is 0 Å². The van der Waals surface area contributed by atoms with E-state index in [9.17, 15) is 0 Å². The Balaban J connectivity index is 0.00000841. The average Bonchev–Trinajstić information content (AvgIpc) is 2.73. The predicted octanol–water partition coefficient (Wildman–Crippen LogP) is 5.92. The molecule has 0 aliphatic rings. The van der Waals surface area contributed by atoms with E-state index in [1.807, 2.05) is 0 Å². The van der Waals surface area contributed by atoms with E-state index >= 15 is 0 Å². The lowest BCUT2D eigenvalue weighted by molar-refractivity contribution is -0.923. The van der Waals surface area contributed by atoms with Gasteiger partial charge in [0.1, 0.15) is 6.54 Å². The molecule has 176 valence electrons. The van der Waals surface area contributed by atoms with Gasteiger partial charge >= 0.3 is 0 Å². The minimum atomic E-state index is 0. The van der Waals surface area contributed by atoms with Gasteiger partial charge in [0.25, 0.3) is 0 Å². The topological polar surface area (TPSA) is 0 Å². The van der Waals surface area contributed by atoms with Crippen LogP contribution in [0.15, 0.2) is 30.3 Å². The van der Waals surface area contributed by atoms with Crippen LogP contribution in [0.4, 0.5) is 0 Å². The highest BCUT2D eigenvalue weighted by Crippen LogP contribution is 2.18. The van der Waals surface area contributed by atoms with Crippen LogP contribution in [0.3, 0.4) is 0 Å². The summed E-state index contributed by atoms with van der Waals surface area (Å²) in [5.41, 5.74) is 1.51.